The molecule has 0 saturated carbocycles. The van der Waals surface area contributed by atoms with E-state index in [1.54, 1.807) is 17.7 Å². The standard InChI is InChI=1S/C19H25ClO2/c1-3-7-19(22)15(2)12-18(21)11-10-17(14-20)13-16-8-5-4-6-9-16/h3-6,8-9,12,14,18-19,21-22H,1,7,10-11,13H2,2H3/b15-12+,17-14+/t18-,19+/m0/s1. The Bertz CT molecular complexity index is 505. The molecule has 0 aliphatic carbocycles. The van der Waals surface area contributed by atoms with E-state index in [0.29, 0.717) is 12.8 Å². The van der Waals surface area contributed by atoms with Gasteiger partial charge in [-0.2, -0.15) is 0 Å². The summed E-state index contributed by atoms with van der Waals surface area (Å²) in [5.41, 5.74) is 4.66. The molecule has 0 spiro atoms. The number of hydrogen-bond acceptors (Lipinski definition) is 2. The van der Waals surface area contributed by atoms with Gasteiger partial charge in [0.1, 0.15) is 0 Å². The highest BCUT2D eigenvalue weighted by Crippen LogP contribution is 2.17. The van der Waals surface area contributed by atoms with Gasteiger partial charge in [-0.05, 0) is 43.7 Å². The smallest absolute Gasteiger partial charge is 0.0782 e. The quantitative estimate of drug-likeness (QED) is 0.663. The third kappa shape index (κ3) is 7.08. The Labute approximate surface area is 138 Å². The summed E-state index contributed by atoms with van der Waals surface area (Å²) in [5, 5.41) is 19.9. The van der Waals surface area contributed by atoms with Crippen molar-refractivity contribution in [3.8, 4) is 0 Å². The van der Waals surface area contributed by atoms with Crippen molar-refractivity contribution in [1.82, 2.24) is 0 Å². The third-order valence-corrected chi connectivity index (χ3v) is 3.87. The third-order valence-electron chi connectivity index (χ3n) is 3.56. The van der Waals surface area contributed by atoms with Crippen LogP contribution in [0.2, 0.25) is 0 Å². The second-order valence-corrected chi connectivity index (χ2v) is 5.70. The largest absolute Gasteiger partial charge is 0.389 e. The Morgan fingerprint density at radius 1 is 1.27 bits per heavy atom. The summed E-state index contributed by atoms with van der Waals surface area (Å²) in [4.78, 5) is 0. The number of benzene rings is 1. The molecule has 2 N–H and O–H groups in total. The normalized spacial score (nSPS) is 15.5. The van der Waals surface area contributed by atoms with Crippen LogP contribution in [-0.2, 0) is 6.42 Å². The Morgan fingerprint density at radius 2 is 1.95 bits per heavy atom. The van der Waals surface area contributed by atoms with Crippen molar-refractivity contribution in [2.75, 3.05) is 0 Å². The van der Waals surface area contributed by atoms with Gasteiger partial charge >= 0.3 is 0 Å². The molecule has 0 heterocycles. The number of allylic oxidation sites excluding steroid dienone is 1. The van der Waals surface area contributed by atoms with Crippen molar-refractivity contribution in [3.05, 3.63) is 71.3 Å². The fourth-order valence-electron chi connectivity index (χ4n) is 2.21. The SMILES string of the molecule is C=CC[C@@H](O)/C(C)=C/[C@@H](O)CC/C(=C\Cl)Cc1ccccc1. The van der Waals surface area contributed by atoms with Gasteiger partial charge in [-0.3, -0.25) is 0 Å². The van der Waals surface area contributed by atoms with E-state index < -0.39 is 12.2 Å². The van der Waals surface area contributed by atoms with E-state index in [4.69, 9.17) is 11.6 Å². The molecule has 0 aliphatic rings. The summed E-state index contributed by atoms with van der Waals surface area (Å²) in [6.45, 7) is 5.42. The van der Waals surface area contributed by atoms with E-state index in [9.17, 15) is 10.2 Å². The van der Waals surface area contributed by atoms with Crippen LogP contribution in [0.3, 0.4) is 0 Å². The van der Waals surface area contributed by atoms with Crippen LogP contribution in [-0.4, -0.2) is 22.4 Å². The molecule has 2 nitrogen and oxygen atoms in total. The molecule has 1 rings (SSSR count). The maximum atomic E-state index is 10.1. The van der Waals surface area contributed by atoms with Crippen molar-refractivity contribution < 1.29 is 10.2 Å². The Morgan fingerprint density at radius 3 is 2.55 bits per heavy atom. The molecule has 0 amide bonds. The van der Waals surface area contributed by atoms with Crippen molar-refractivity contribution in [2.24, 2.45) is 0 Å². The van der Waals surface area contributed by atoms with E-state index in [1.165, 1.54) is 5.56 Å². The molecule has 1 aromatic rings. The molecule has 0 radical (unpaired) electrons. The lowest BCUT2D eigenvalue weighted by Gasteiger charge is -2.13. The van der Waals surface area contributed by atoms with Crippen LogP contribution in [0.15, 0.2) is 65.7 Å². The number of aliphatic hydroxyl groups excluding tert-OH is 2. The van der Waals surface area contributed by atoms with Gasteiger partial charge < -0.3 is 10.2 Å². The van der Waals surface area contributed by atoms with Gasteiger partial charge in [-0.1, -0.05) is 59.7 Å². The lowest BCUT2D eigenvalue weighted by Crippen LogP contribution is -2.11. The second kappa shape index (κ2) is 10.4. The first-order chi connectivity index (χ1) is 10.6. The maximum Gasteiger partial charge on any atom is 0.0782 e. The molecular formula is C19H25ClO2. The maximum absolute atomic E-state index is 10.1. The number of rotatable bonds is 9. The molecule has 0 aromatic heterocycles. The predicted octanol–water partition coefficient (Wildman–Crippen LogP) is 4.38. The first-order valence-corrected chi connectivity index (χ1v) is 7.97. The molecule has 1 aromatic carbocycles. The van der Waals surface area contributed by atoms with Crippen molar-refractivity contribution in [1.29, 1.82) is 0 Å². The minimum absolute atomic E-state index is 0.496. The van der Waals surface area contributed by atoms with Crippen LogP contribution in [0.4, 0.5) is 0 Å². The lowest BCUT2D eigenvalue weighted by atomic mass is 9.99. The second-order valence-electron chi connectivity index (χ2n) is 5.49. The van der Waals surface area contributed by atoms with Gasteiger partial charge in [-0.15, -0.1) is 6.58 Å². The highest BCUT2D eigenvalue weighted by Gasteiger charge is 2.09. The lowest BCUT2D eigenvalue weighted by molar-refractivity contribution is 0.194. The van der Waals surface area contributed by atoms with Gasteiger partial charge in [0.2, 0.25) is 0 Å². The Hall–Kier alpha value is -1.35. The van der Waals surface area contributed by atoms with Gasteiger partial charge in [0.15, 0.2) is 0 Å². The van der Waals surface area contributed by atoms with E-state index in [2.05, 4.69) is 18.7 Å². The summed E-state index contributed by atoms with van der Waals surface area (Å²) in [5.74, 6) is 0. The number of halogens is 1. The van der Waals surface area contributed by atoms with Gasteiger partial charge in [0, 0.05) is 5.54 Å². The average Bonchev–Trinajstić information content (AvgIpc) is 2.52. The molecule has 3 heteroatoms. The molecule has 0 saturated heterocycles. The van der Waals surface area contributed by atoms with Crippen LogP contribution in [0.25, 0.3) is 0 Å². The highest BCUT2D eigenvalue weighted by molar-refractivity contribution is 6.25. The summed E-state index contributed by atoms with van der Waals surface area (Å²) in [6.07, 6.45) is 4.82. The number of aliphatic hydroxyl groups is 2. The van der Waals surface area contributed by atoms with Crippen LogP contribution >= 0.6 is 11.6 Å². The fraction of sp³-hybridized carbons (Fsp3) is 0.368. The fourth-order valence-corrected chi connectivity index (χ4v) is 2.40. The van der Waals surface area contributed by atoms with E-state index in [1.807, 2.05) is 25.1 Å². The van der Waals surface area contributed by atoms with Gasteiger partial charge in [-0.25, -0.2) is 0 Å². The van der Waals surface area contributed by atoms with E-state index >= 15 is 0 Å². The molecule has 120 valence electrons. The van der Waals surface area contributed by atoms with Crippen molar-refractivity contribution in [2.45, 2.75) is 44.8 Å². The number of hydrogen-bond donors (Lipinski definition) is 2. The molecule has 0 aliphatic heterocycles. The zero-order chi connectivity index (χ0) is 16.4. The van der Waals surface area contributed by atoms with Crippen LogP contribution in [0, 0.1) is 0 Å². The average molecular weight is 321 g/mol. The topological polar surface area (TPSA) is 40.5 Å². The molecule has 0 unspecified atom stereocenters. The van der Waals surface area contributed by atoms with Crippen LogP contribution in [0.5, 0.6) is 0 Å². The van der Waals surface area contributed by atoms with Gasteiger partial charge in [0.05, 0.1) is 12.2 Å². The predicted molar refractivity (Wildman–Crippen MR) is 93.9 cm³/mol. The minimum atomic E-state index is -0.582. The highest BCUT2D eigenvalue weighted by atomic mass is 35.5. The monoisotopic (exact) mass is 320 g/mol. The minimum Gasteiger partial charge on any atom is -0.389 e. The molecule has 2 atom stereocenters. The summed E-state index contributed by atoms with van der Waals surface area (Å²) in [6, 6.07) is 10.1. The molecular weight excluding hydrogens is 296 g/mol. The summed E-state index contributed by atoms with van der Waals surface area (Å²) in [7, 11) is 0. The first kappa shape index (κ1) is 18.7. The van der Waals surface area contributed by atoms with E-state index in [0.717, 1.165) is 24.0 Å². The van der Waals surface area contributed by atoms with Crippen LogP contribution in [0.1, 0.15) is 31.7 Å². The summed E-state index contributed by atoms with van der Waals surface area (Å²) >= 11 is 5.89. The summed E-state index contributed by atoms with van der Waals surface area (Å²) < 4.78 is 0. The van der Waals surface area contributed by atoms with Crippen molar-refractivity contribution in [3.63, 3.8) is 0 Å². The molecule has 22 heavy (non-hydrogen) atoms. The van der Waals surface area contributed by atoms with Gasteiger partial charge in [0.25, 0.3) is 0 Å². The molecule has 0 fully saturated rings. The zero-order valence-corrected chi connectivity index (χ0v) is 13.8. The van der Waals surface area contributed by atoms with Crippen molar-refractivity contribution >= 4 is 11.6 Å². The first-order valence-electron chi connectivity index (χ1n) is 7.54. The Kier molecular flexibility index (Phi) is 8.83. The van der Waals surface area contributed by atoms with E-state index in [-0.39, 0.29) is 0 Å². The molecule has 0 bridgehead atoms. The zero-order valence-electron chi connectivity index (χ0n) is 13.1. The Balaban J connectivity index is 2.49. The van der Waals surface area contributed by atoms with Crippen LogP contribution < -0.4 is 0 Å².